The van der Waals surface area contributed by atoms with E-state index < -0.39 is 4.92 Å². The zero-order valence-corrected chi connectivity index (χ0v) is 11.9. The van der Waals surface area contributed by atoms with Crippen molar-refractivity contribution < 1.29 is 19.2 Å². The van der Waals surface area contributed by atoms with Crippen molar-refractivity contribution in [2.75, 3.05) is 13.1 Å². The molecule has 0 atom stereocenters. The lowest BCUT2D eigenvalue weighted by atomic mass is 9.99. The molecule has 0 saturated carbocycles. The Morgan fingerprint density at radius 1 is 1.50 bits per heavy atom. The summed E-state index contributed by atoms with van der Waals surface area (Å²) in [4.78, 5) is 34.6. The van der Waals surface area contributed by atoms with Crippen LogP contribution in [-0.4, -0.2) is 34.6 Å². The van der Waals surface area contributed by atoms with E-state index >= 15 is 0 Å². The van der Waals surface area contributed by atoms with Crippen LogP contribution in [0.3, 0.4) is 0 Å². The molecular weight excluding hydrogens is 290 g/mol. The molecule has 0 radical (unpaired) electrons. The molecule has 22 heavy (non-hydrogen) atoms. The molecule has 0 aromatic heterocycles. The van der Waals surface area contributed by atoms with Crippen LogP contribution in [-0.2, 0) is 14.3 Å². The maximum absolute atomic E-state index is 11.5. The van der Waals surface area contributed by atoms with Gasteiger partial charge in [0, 0.05) is 44.9 Å². The van der Waals surface area contributed by atoms with Gasteiger partial charge in [0.05, 0.1) is 10.5 Å². The van der Waals surface area contributed by atoms with Gasteiger partial charge in [0.15, 0.2) is 11.5 Å². The molecule has 0 bridgehead atoms. The second-order valence-corrected chi connectivity index (χ2v) is 4.71. The van der Waals surface area contributed by atoms with Crippen molar-refractivity contribution in [2.24, 2.45) is 0 Å². The third-order valence-corrected chi connectivity index (χ3v) is 3.06. The molecule has 0 unspecified atom stereocenters. The van der Waals surface area contributed by atoms with Crippen LogP contribution in [0.4, 0.5) is 0 Å². The topological polar surface area (TPSA) is 102 Å². The van der Waals surface area contributed by atoms with Gasteiger partial charge < -0.3 is 15.0 Å². The summed E-state index contributed by atoms with van der Waals surface area (Å²) >= 11 is 0. The van der Waals surface area contributed by atoms with Crippen LogP contribution in [0.25, 0.3) is 0 Å². The van der Waals surface area contributed by atoms with Crippen molar-refractivity contribution in [3.63, 3.8) is 0 Å². The molecule has 0 spiro atoms. The molecule has 8 heteroatoms. The fourth-order valence-electron chi connectivity index (χ4n) is 2.04. The number of rotatable bonds is 5. The molecule has 0 saturated heterocycles. The number of nitro groups is 1. The zero-order valence-electron chi connectivity index (χ0n) is 11.9. The molecule has 1 N–H and O–H groups in total. The Morgan fingerprint density at radius 2 is 2.27 bits per heavy atom. The standard InChI is InChI=1S/C14H15N3O5/c1-10(18)15-4-5-16-6-7-22-14(9-16)12-8-11(19)2-3-13(12)17(20)21/h2-3,6-7,9H,4-5,8H2,1H3,(H,15,18). The van der Waals surface area contributed by atoms with Crippen molar-refractivity contribution in [3.8, 4) is 0 Å². The van der Waals surface area contributed by atoms with Gasteiger partial charge in [-0.05, 0) is 6.08 Å². The lowest BCUT2D eigenvalue weighted by Gasteiger charge is -2.22. The summed E-state index contributed by atoms with van der Waals surface area (Å²) in [7, 11) is 0. The normalized spacial score (nSPS) is 17.2. The highest BCUT2D eigenvalue weighted by atomic mass is 16.6. The number of ketones is 1. The molecule has 0 aromatic rings. The minimum absolute atomic E-state index is 0.0774. The number of carbonyl (C=O) groups is 2. The quantitative estimate of drug-likeness (QED) is 0.596. The molecule has 0 fully saturated rings. The van der Waals surface area contributed by atoms with Crippen LogP contribution >= 0.6 is 0 Å². The van der Waals surface area contributed by atoms with E-state index in [-0.39, 0.29) is 35.1 Å². The van der Waals surface area contributed by atoms with Crippen LogP contribution < -0.4 is 5.32 Å². The Kier molecular flexibility index (Phi) is 4.72. The summed E-state index contributed by atoms with van der Waals surface area (Å²) < 4.78 is 5.31. The second-order valence-electron chi connectivity index (χ2n) is 4.71. The number of carbonyl (C=O) groups excluding carboxylic acids is 2. The number of ether oxygens (including phenoxy) is 1. The number of nitrogens with one attached hydrogen (secondary N) is 1. The first-order valence-corrected chi connectivity index (χ1v) is 6.61. The number of nitrogens with zero attached hydrogens (tertiary/aromatic N) is 2. The fourth-order valence-corrected chi connectivity index (χ4v) is 2.04. The Morgan fingerprint density at radius 3 is 2.95 bits per heavy atom. The van der Waals surface area contributed by atoms with Gasteiger partial charge in [0.1, 0.15) is 6.26 Å². The first kappa shape index (κ1) is 15.5. The molecule has 116 valence electrons. The largest absolute Gasteiger partial charge is 0.461 e. The maximum atomic E-state index is 11.5. The van der Waals surface area contributed by atoms with Gasteiger partial charge in [0.2, 0.25) is 5.91 Å². The van der Waals surface area contributed by atoms with Crippen molar-refractivity contribution >= 4 is 11.7 Å². The smallest absolute Gasteiger partial charge is 0.276 e. The van der Waals surface area contributed by atoms with Crippen molar-refractivity contribution in [1.82, 2.24) is 10.2 Å². The SMILES string of the molecule is CC(=O)NCCN1C=COC(C2=C([N+](=O)[O-])C=CC(=O)C2)=C1. The lowest BCUT2D eigenvalue weighted by Crippen LogP contribution is -2.30. The van der Waals surface area contributed by atoms with E-state index in [1.807, 2.05) is 0 Å². The molecule has 1 amide bonds. The van der Waals surface area contributed by atoms with Gasteiger partial charge >= 0.3 is 0 Å². The Balaban J connectivity index is 2.17. The van der Waals surface area contributed by atoms with Crippen LogP contribution in [0.1, 0.15) is 13.3 Å². The Bertz CT molecular complexity index is 630. The van der Waals surface area contributed by atoms with E-state index in [4.69, 9.17) is 4.74 Å². The van der Waals surface area contributed by atoms with Gasteiger partial charge in [0.25, 0.3) is 5.70 Å². The molecule has 1 aliphatic carbocycles. The predicted octanol–water partition coefficient (Wildman–Crippen LogP) is 0.827. The number of hydrogen-bond donors (Lipinski definition) is 1. The molecule has 0 aromatic carbocycles. The predicted molar refractivity (Wildman–Crippen MR) is 76.5 cm³/mol. The van der Waals surface area contributed by atoms with Crippen LogP contribution in [0.2, 0.25) is 0 Å². The maximum Gasteiger partial charge on any atom is 0.276 e. The summed E-state index contributed by atoms with van der Waals surface area (Å²) in [5.41, 5.74) is 0.0920. The first-order valence-electron chi connectivity index (χ1n) is 6.61. The lowest BCUT2D eigenvalue weighted by molar-refractivity contribution is -0.420. The average Bonchev–Trinajstić information content (AvgIpc) is 2.46. The van der Waals surface area contributed by atoms with Gasteiger partial charge in [-0.1, -0.05) is 0 Å². The summed E-state index contributed by atoms with van der Waals surface area (Å²) in [6.45, 7) is 2.32. The third-order valence-electron chi connectivity index (χ3n) is 3.06. The highest BCUT2D eigenvalue weighted by Gasteiger charge is 2.27. The van der Waals surface area contributed by atoms with E-state index in [0.29, 0.717) is 13.1 Å². The van der Waals surface area contributed by atoms with Crippen molar-refractivity contribution in [2.45, 2.75) is 13.3 Å². The van der Waals surface area contributed by atoms with Gasteiger partial charge in [-0.25, -0.2) is 0 Å². The number of amides is 1. The van der Waals surface area contributed by atoms with Crippen molar-refractivity contribution in [3.05, 3.63) is 58.0 Å². The highest BCUT2D eigenvalue weighted by molar-refractivity contribution is 5.94. The molecule has 1 aliphatic heterocycles. The monoisotopic (exact) mass is 305 g/mol. The van der Waals surface area contributed by atoms with Crippen LogP contribution in [0, 0.1) is 10.1 Å². The average molecular weight is 305 g/mol. The minimum atomic E-state index is -0.539. The summed E-state index contributed by atoms with van der Waals surface area (Å²) in [5.74, 6) is -0.0954. The summed E-state index contributed by atoms with van der Waals surface area (Å²) in [6.07, 6.45) is 6.90. The zero-order chi connectivity index (χ0) is 16.1. The van der Waals surface area contributed by atoms with Gasteiger partial charge in [-0.3, -0.25) is 19.7 Å². The first-order chi connectivity index (χ1) is 10.5. The molecule has 2 aliphatic rings. The van der Waals surface area contributed by atoms with E-state index in [0.717, 1.165) is 0 Å². The summed E-state index contributed by atoms with van der Waals surface area (Å²) in [6, 6.07) is 0. The second kappa shape index (κ2) is 6.70. The number of hydrogen-bond acceptors (Lipinski definition) is 6. The van der Waals surface area contributed by atoms with E-state index in [1.165, 1.54) is 25.3 Å². The van der Waals surface area contributed by atoms with Crippen LogP contribution in [0.15, 0.2) is 47.8 Å². The van der Waals surface area contributed by atoms with Gasteiger partial charge in [-0.15, -0.1) is 0 Å². The molecule has 2 rings (SSSR count). The third kappa shape index (κ3) is 3.81. The summed E-state index contributed by atoms with van der Waals surface area (Å²) in [5, 5.41) is 13.7. The minimum Gasteiger partial charge on any atom is -0.461 e. The molecular formula is C14H15N3O5. The number of allylic oxidation sites excluding steroid dienone is 3. The van der Waals surface area contributed by atoms with Crippen molar-refractivity contribution in [1.29, 1.82) is 0 Å². The Hall–Kier alpha value is -2.90. The molecule has 1 heterocycles. The Labute approximate surface area is 126 Å². The highest BCUT2D eigenvalue weighted by Crippen LogP contribution is 2.27. The fraction of sp³-hybridized carbons (Fsp3) is 0.286. The molecule has 8 nitrogen and oxygen atoms in total. The van der Waals surface area contributed by atoms with E-state index in [1.54, 1.807) is 17.3 Å². The van der Waals surface area contributed by atoms with E-state index in [2.05, 4.69) is 5.32 Å². The van der Waals surface area contributed by atoms with Crippen LogP contribution in [0.5, 0.6) is 0 Å². The van der Waals surface area contributed by atoms with E-state index in [9.17, 15) is 19.7 Å². The van der Waals surface area contributed by atoms with Gasteiger partial charge in [-0.2, -0.15) is 0 Å².